The molecule has 0 amide bonds. The predicted molar refractivity (Wildman–Crippen MR) is 308 cm³/mol. The fourth-order valence-electron chi connectivity index (χ4n) is 12.5. The van der Waals surface area contributed by atoms with Crippen molar-refractivity contribution in [3.8, 4) is 33.6 Å². The fourth-order valence-corrected chi connectivity index (χ4v) is 13.7. The number of hydrogen-bond donors (Lipinski definition) is 0. The molecule has 0 radical (unpaired) electrons. The molecule has 73 heavy (non-hydrogen) atoms. The summed E-state index contributed by atoms with van der Waals surface area (Å²) in [5.74, 6) is 0. The Morgan fingerprint density at radius 2 is 0.658 bits per heavy atom. The number of nitrogens with zero attached hydrogens (tertiary/aromatic N) is 2. The number of benzene rings is 12. The first-order valence-corrected chi connectivity index (χ1v) is 25.7. The molecule has 5 heterocycles. The molecule has 17 rings (SSSR count). The number of fused-ring (bicyclic) bond motifs is 19. The predicted octanol–water partition coefficient (Wildman–Crippen LogP) is 19.7. The molecule has 0 aliphatic carbocycles. The van der Waals surface area contributed by atoms with Crippen LogP contribution in [0.2, 0.25) is 0 Å². The molecule has 0 unspecified atom stereocenters. The molecule has 0 aliphatic rings. The second kappa shape index (κ2) is 14.6. The van der Waals surface area contributed by atoms with Gasteiger partial charge in [0.05, 0.1) is 22.1 Å². The largest absolute Gasteiger partial charge is 0.456 e. The molecule has 0 N–H and O–H groups in total. The summed E-state index contributed by atoms with van der Waals surface area (Å²) in [6, 6.07) is 84.3. The van der Waals surface area contributed by atoms with Gasteiger partial charge in [-0.05, 0) is 153 Å². The van der Waals surface area contributed by atoms with Crippen molar-refractivity contribution >= 4 is 141 Å². The van der Waals surface area contributed by atoms with Crippen LogP contribution in [0.3, 0.4) is 0 Å². The van der Waals surface area contributed by atoms with E-state index in [4.69, 9.17) is 8.83 Å². The number of para-hydroxylation sites is 6. The zero-order valence-corrected chi connectivity index (χ0v) is 39.9. The van der Waals surface area contributed by atoms with Crippen molar-refractivity contribution in [3.05, 3.63) is 231 Å². The monoisotopic (exact) mass is 946 g/mol. The average molecular weight is 947 g/mol. The minimum Gasteiger partial charge on any atom is -0.456 e. The molecule has 12 aromatic carbocycles. The van der Waals surface area contributed by atoms with Gasteiger partial charge in [-0.3, -0.25) is 0 Å². The van der Waals surface area contributed by atoms with E-state index in [1.54, 1.807) is 0 Å². The fraction of sp³-hybridized carbons (Fsp3) is 0. The number of aromatic nitrogens is 2. The van der Waals surface area contributed by atoms with Crippen LogP contribution in [-0.4, -0.2) is 9.13 Å². The van der Waals surface area contributed by atoms with Crippen LogP contribution < -0.4 is 0 Å². The molecule has 5 heteroatoms. The van der Waals surface area contributed by atoms with Crippen molar-refractivity contribution in [2.24, 2.45) is 0 Å². The van der Waals surface area contributed by atoms with Gasteiger partial charge in [0.25, 0.3) is 0 Å². The summed E-state index contributed by atoms with van der Waals surface area (Å²) < 4.78 is 20.7. The van der Waals surface area contributed by atoms with E-state index in [9.17, 15) is 0 Å². The summed E-state index contributed by atoms with van der Waals surface area (Å²) >= 11 is 1.89. The van der Waals surface area contributed by atoms with Crippen LogP contribution in [0, 0.1) is 0 Å². The normalized spacial score (nSPS) is 12.4. The summed E-state index contributed by atoms with van der Waals surface area (Å²) in [5, 5.41) is 16.7. The Morgan fingerprint density at radius 1 is 0.260 bits per heavy atom. The third-order valence-corrected chi connectivity index (χ3v) is 16.7. The lowest BCUT2D eigenvalue weighted by atomic mass is 9.90. The van der Waals surface area contributed by atoms with Crippen LogP contribution in [0.5, 0.6) is 0 Å². The first-order chi connectivity index (χ1) is 36.2. The van der Waals surface area contributed by atoms with E-state index in [0.717, 1.165) is 66.0 Å². The average Bonchev–Trinajstić information content (AvgIpc) is 4.26. The van der Waals surface area contributed by atoms with Crippen molar-refractivity contribution in [1.29, 1.82) is 0 Å². The Bertz CT molecular complexity index is 4880. The molecule has 0 atom stereocenters. The molecule has 0 saturated heterocycles. The topological polar surface area (TPSA) is 36.1 Å². The lowest BCUT2D eigenvalue weighted by Crippen LogP contribution is -1.93. The van der Waals surface area contributed by atoms with Gasteiger partial charge in [0.2, 0.25) is 0 Å². The Hall–Kier alpha value is -9.42. The molecule has 4 nitrogen and oxygen atoms in total. The van der Waals surface area contributed by atoms with E-state index in [1.807, 2.05) is 11.3 Å². The molecular formula is C68H38N2O2S. The minimum absolute atomic E-state index is 0.887. The molecule has 0 aliphatic heterocycles. The van der Waals surface area contributed by atoms with E-state index in [2.05, 4.69) is 240 Å². The third kappa shape index (κ3) is 5.49. The maximum Gasteiger partial charge on any atom is 0.136 e. The molecular weight excluding hydrogens is 909 g/mol. The molecule has 17 aromatic rings. The molecule has 0 saturated carbocycles. The summed E-state index contributed by atoms with van der Waals surface area (Å²) in [6.45, 7) is 0. The summed E-state index contributed by atoms with van der Waals surface area (Å²) in [4.78, 5) is 0. The standard InChI is InChI=1S/C68H38N2O2S/c1-3-15-41(16-4-1)69-57-23-11-7-19-43(57)51-31-39(27-29-59(51)69)47-37-65-67(55-33-53-45-21-9-13-25-61(45)71-63(53)35-49(47)55)68-56-34-54-46-22-10-14-26-62(46)72-64(54)36-50(56)48(38-66(68)73-65)40-28-30-60-52(32-40)44-20-8-12-24-58(44)70(60)42-17-5-2-6-18-42/h1-38H. The van der Waals surface area contributed by atoms with Crippen molar-refractivity contribution in [1.82, 2.24) is 9.13 Å². The lowest BCUT2D eigenvalue weighted by molar-refractivity contribution is 0.669. The molecule has 338 valence electrons. The zero-order chi connectivity index (χ0) is 47.5. The number of furan rings is 2. The first kappa shape index (κ1) is 39.3. The second-order valence-corrected chi connectivity index (χ2v) is 20.6. The molecule has 0 bridgehead atoms. The van der Waals surface area contributed by atoms with Gasteiger partial charge in [0.1, 0.15) is 22.3 Å². The lowest BCUT2D eigenvalue weighted by Gasteiger charge is -2.13. The second-order valence-electron chi connectivity index (χ2n) is 19.5. The van der Waals surface area contributed by atoms with Gasteiger partial charge in [-0.1, -0.05) is 121 Å². The van der Waals surface area contributed by atoms with Crippen LogP contribution >= 0.6 is 11.3 Å². The Balaban J connectivity index is 0.989. The summed E-state index contributed by atoms with van der Waals surface area (Å²) in [5.41, 5.74) is 15.3. The van der Waals surface area contributed by atoms with Crippen LogP contribution in [0.15, 0.2) is 239 Å². The smallest absolute Gasteiger partial charge is 0.136 e. The highest BCUT2D eigenvalue weighted by Crippen LogP contribution is 2.51. The Morgan fingerprint density at radius 3 is 1.12 bits per heavy atom. The van der Waals surface area contributed by atoms with Gasteiger partial charge in [0.15, 0.2) is 0 Å². The van der Waals surface area contributed by atoms with Crippen LogP contribution in [0.25, 0.3) is 163 Å². The molecule has 0 spiro atoms. The number of hydrogen-bond acceptors (Lipinski definition) is 3. The van der Waals surface area contributed by atoms with E-state index in [0.29, 0.717) is 0 Å². The highest BCUT2D eigenvalue weighted by molar-refractivity contribution is 7.26. The number of rotatable bonds is 4. The van der Waals surface area contributed by atoms with E-state index in [-0.39, 0.29) is 0 Å². The quantitative estimate of drug-likeness (QED) is 0.176. The van der Waals surface area contributed by atoms with Crippen molar-refractivity contribution in [3.63, 3.8) is 0 Å². The maximum atomic E-state index is 6.70. The number of thiophene rings is 1. The minimum atomic E-state index is 0.887. The maximum absolute atomic E-state index is 6.70. The summed E-state index contributed by atoms with van der Waals surface area (Å²) in [7, 11) is 0. The SMILES string of the molecule is c1ccc(-n2c3ccccc3c3cc(-c4cc5sc6cc(-c7ccc8c(c7)c7ccccc7n8-c7ccccc7)c7cc8oc9ccccc9c8cc7c6c5c5cc6c(cc45)oc4ccccc46)ccc32)cc1. The van der Waals surface area contributed by atoms with Crippen LogP contribution in [0.1, 0.15) is 0 Å². The van der Waals surface area contributed by atoms with E-state index >= 15 is 0 Å². The Labute approximate surface area is 420 Å². The van der Waals surface area contributed by atoms with Gasteiger partial charge in [0, 0.05) is 74.6 Å². The molecule has 5 aromatic heterocycles. The van der Waals surface area contributed by atoms with E-state index in [1.165, 1.54) is 96.8 Å². The Kier molecular flexibility index (Phi) is 7.85. The van der Waals surface area contributed by atoms with E-state index < -0.39 is 0 Å². The van der Waals surface area contributed by atoms with Gasteiger partial charge < -0.3 is 18.0 Å². The van der Waals surface area contributed by atoms with Crippen molar-refractivity contribution < 1.29 is 8.83 Å². The van der Waals surface area contributed by atoms with Crippen LogP contribution in [0.4, 0.5) is 0 Å². The molecule has 0 fully saturated rings. The van der Waals surface area contributed by atoms with Gasteiger partial charge in [-0.2, -0.15) is 0 Å². The van der Waals surface area contributed by atoms with Gasteiger partial charge >= 0.3 is 0 Å². The van der Waals surface area contributed by atoms with Crippen LogP contribution in [-0.2, 0) is 0 Å². The van der Waals surface area contributed by atoms with Crippen molar-refractivity contribution in [2.75, 3.05) is 0 Å². The third-order valence-electron chi connectivity index (χ3n) is 15.7. The first-order valence-electron chi connectivity index (χ1n) is 24.9. The van der Waals surface area contributed by atoms with Gasteiger partial charge in [-0.25, -0.2) is 0 Å². The van der Waals surface area contributed by atoms with Gasteiger partial charge in [-0.15, -0.1) is 11.3 Å². The zero-order valence-electron chi connectivity index (χ0n) is 39.1. The summed E-state index contributed by atoms with van der Waals surface area (Å²) in [6.07, 6.45) is 0. The highest BCUT2D eigenvalue weighted by atomic mass is 32.1. The highest BCUT2D eigenvalue weighted by Gasteiger charge is 2.23. The van der Waals surface area contributed by atoms with Crippen molar-refractivity contribution in [2.45, 2.75) is 0 Å².